The van der Waals surface area contributed by atoms with E-state index in [-0.39, 0.29) is 18.2 Å². The smallest absolute Gasteiger partial charge is 0.0775 e. The first-order chi connectivity index (χ1) is 10.7. The number of hydrogen-bond acceptors (Lipinski definition) is 3. The van der Waals surface area contributed by atoms with Crippen LogP contribution in [-0.4, -0.2) is 17.0 Å². The fraction of sp³-hybridized carbons (Fsp3) is 0.333. The Morgan fingerprint density at radius 1 is 1.14 bits per heavy atom. The van der Waals surface area contributed by atoms with Crippen LogP contribution >= 0.6 is 23.4 Å². The molecule has 1 aliphatic carbocycles. The van der Waals surface area contributed by atoms with Crippen molar-refractivity contribution in [2.24, 2.45) is 0 Å². The van der Waals surface area contributed by atoms with Gasteiger partial charge >= 0.3 is 0 Å². The van der Waals surface area contributed by atoms with E-state index < -0.39 is 0 Å². The summed E-state index contributed by atoms with van der Waals surface area (Å²) >= 11 is 8.07. The molecule has 0 bridgehead atoms. The highest BCUT2D eigenvalue weighted by molar-refractivity contribution is 7.99. The number of aliphatic hydroxyl groups excluding tert-OH is 1. The van der Waals surface area contributed by atoms with E-state index in [1.807, 2.05) is 30.0 Å². The summed E-state index contributed by atoms with van der Waals surface area (Å²) in [7, 11) is 0. The van der Waals surface area contributed by atoms with Gasteiger partial charge in [0.05, 0.1) is 12.1 Å². The van der Waals surface area contributed by atoms with E-state index in [1.165, 1.54) is 21.6 Å². The lowest BCUT2D eigenvalue weighted by atomic mass is 10.00. The quantitative estimate of drug-likeness (QED) is 0.868. The molecule has 0 saturated heterocycles. The van der Waals surface area contributed by atoms with Gasteiger partial charge in [0.15, 0.2) is 0 Å². The van der Waals surface area contributed by atoms with Crippen molar-refractivity contribution in [1.29, 1.82) is 0 Å². The Morgan fingerprint density at radius 2 is 2.00 bits per heavy atom. The Hall–Kier alpha value is -1.00. The van der Waals surface area contributed by atoms with Crippen LogP contribution in [0.2, 0.25) is 5.02 Å². The van der Waals surface area contributed by atoms with Crippen molar-refractivity contribution < 1.29 is 5.11 Å². The molecule has 2 aliphatic rings. The molecule has 2 nitrogen and oxygen atoms in total. The Labute approximate surface area is 139 Å². The van der Waals surface area contributed by atoms with E-state index in [0.717, 1.165) is 23.6 Å². The topological polar surface area (TPSA) is 32.3 Å². The molecular formula is C18H18ClNOS. The van der Waals surface area contributed by atoms with Crippen LogP contribution in [0, 0.1) is 0 Å². The molecule has 0 spiro atoms. The van der Waals surface area contributed by atoms with E-state index in [4.69, 9.17) is 11.6 Å². The number of nitrogens with one attached hydrogen (secondary N) is 1. The van der Waals surface area contributed by atoms with Gasteiger partial charge in [0.1, 0.15) is 0 Å². The van der Waals surface area contributed by atoms with Crippen LogP contribution in [-0.2, 0) is 6.42 Å². The van der Waals surface area contributed by atoms with Gasteiger partial charge in [0.2, 0.25) is 0 Å². The second-order valence-corrected chi connectivity index (χ2v) is 7.56. The summed E-state index contributed by atoms with van der Waals surface area (Å²) in [5.74, 6) is 1.09. The maximum Gasteiger partial charge on any atom is 0.0775 e. The van der Waals surface area contributed by atoms with Crippen LogP contribution in [0.5, 0.6) is 0 Å². The molecule has 4 heteroatoms. The zero-order valence-electron chi connectivity index (χ0n) is 12.1. The number of halogens is 1. The molecule has 0 radical (unpaired) electrons. The summed E-state index contributed by atoms with van der Waals surface area (Å²) in [5, 5.41) is 14.9. The third-order valence-electron chi connectivity index (χ3n) is 4.60. The van der Waals surface area contributed by atoms with E-state index in [9.17, 15) is 5.11 Å². The van der Waals surface area contributed by atoms with Gasteiger partial charge in [-0.15, -0.1) is 11.8 Å². The normalized spacial score (nSPS) is 26.5. The first-order valence-corrected chi connectivity index (χ1v) is 9.03. The zero-order chi connectivity index (χ0) is 15.1. The molecule has 3 atom stereocenters. The van der Waals surface area contributed by atoms with Gasteiger partial charge in [0, 0.05) is 22.4 Å². The first kappa shape index (κ1) is 14.6. The summed E-state index contributed by atoms with van der Waals surface area (Å²) in [6.45, 7) is 0. The second kappa shape index (κ2) is 5.89. The summed E-state index contributed by atoms with van der Waals surface area (Å²) in [6.07, 6.45) is 1.44. The van der Waals surface area contributed by atoms with Crippen LogP contribution in [0.3, 0.4) is 0 Å². The monoisotopic (exact) mass is 331 g/mol. The standard InChI is InChI=1S/C18H18ClNOS/c19-12-5-6-17-14(10-12)15(7-8-22-17)20-18-13-4-2-1-3-11(13)9-16(18)21/h1-6,10,15-16,18,20-21H,7-9H2. The van der Waals surface area contributed by atoms with Crippen LogP contribution in [0.25, 0.3) is 0 Å². The van der Waals surface area contributed by atoms with E-state index in [0.29, 0.717) is 0 Å². The highest BCUT2D eigenvalue weighted by Gasteiger charge is 2.33. The molecule has 2 aromatic carbocycles. The van der Waals surface area contributed by atoms with Crippen molar-refractivity contribution in [2.45, 2.75) is 35.9 Å². The molecule has 1 aliphatic heterocycles. The number of rotatable bonds is 2. The molecule has 1 heterocycles. The lowest BCUT2D eigenvalue weighted by molar-refractivity contribution is 0.134. The summed E-state index contributed by atoms with van der Waals surface area (Å²) < 4.78 is 0. The molecule has 0 fully saturated rings. The van der Waals surface area contributed by atoms with Crippen molar-refractivity contribution in [1.82, 2.24) is 5.32 Å². The molecule has 0 saturated carbocycles. The minimum atomic E-state index is -0.352. The maximum absolute atomic E-state index is 10.4. The number of fused-ring (bicyclic) bond motifs is 2. The van der Waals surface area contributed by atoms with Gasteiger partial charge in [-0.25, -0.2) is 0 Å². The predicted octanol–water partition coefficient (Wildman–Crippen LogP) is 4.12. The van der Waals surface area contributed by atoms with Gasteiger partial charge in [-0.1, -0.05) is 35.9 Å². The van der Waals surface area contributed by atoms with Crippen molar-refractivity contribution in [3.63, 3.8) is 0 Å². The van der Waals surface area contributed by atoms with E-state index in [1.54, 1.807) is 0 Å². The van der Waals surface area contributed by atoms with Crippen LogP contribution in [0.1, 0.15) is 35.2 Å². The fourth-order valence-electron chi connectivity index (χ4n) is 3.53. The number of benzene rings is 2. The third-order valence-corrected chi connectivity index (χ3v) is 5.95. The van der Waals surface area contributed by atoms with Gasteiger partial charge < -0.3 is 10.4 Å². The molecule has 0 amide bonds. The van der Waals surface area contributed by atoms with Crippen LogP contribution in [0.4, 0.5) is 0 Å². The number of aliphatic hydroxyl groups is 1. The minimum absolute atomic E-state index is 0.0103. The summed E-state index contributed by atoms with van der Waals surface area (Å²) in [6, 6.07) is 14.7. The Balaban J connectivity index is 1.64. The Bertz CT molecular complexity index is 705. The average Bonchev–Trinajstić information content (AvgIpc) is 2.84. The van der Waals surface area contributed by atoms with E-state index in [2.05, 4.69) is 29.6 Å². The van der Waals surface area contributed by atoms with E-state index >= 15 is 0 Å². The number of hydrogen-bond donors (Lipinski definition) is 2. The Kier molecular flexibility index (Phi) is 3.91. The lowest BCUT2D eigenvalue weighted by Gasteiger charge is -2.30. The SMILES string of the molecule is OC1Cc2ccccc2C1NC1CCSc2ccc(Cl)cc21. The molecule has 3 unspecified atom stereocenters. The van der Waals surface area contributed by atoms with Crippen molar-refractivity contribution >= 4 is 23.4 Å². The second-order valence-electron chi connectivity index (χ2n) is 5.99. The molecular weight excluding hydrogens is 314 g/mol. The molecule has 2 aromatic rings. The van der Waals surface area contributed by atoms with Crippen LogP contribution in [0.15, 0.2) is 47.4 Å². The number of thioether (sulfide) groups is 1. The third kappa shape index (κ3) is 2.56. The predicted molar refractivity (Wildman–Crippen MR) is 91.6 cm³/mol. The fourth-order valence-corrected chi connectivity index (χ4v) is 4.82. The maximum atomic E-state index is 10.4. The first-order valence-electron chi connectivity index (χ1n) is 7.66. The minimum Gasteiger partial charge on any atom is -0.391 e. The van der Waals surface area contributed by atoms with Crippen molar-refractivity contribution in [3.05, 3.63) is 64.2 Å². The van der Waals surface area contributed by atoms with Gasteiger partial charge in [-0.2, -0.15) is 0 Å². The largest absolute Gasteiger partial charge is 0.391 e. The lowest BCUT2D eigenvalue weighted by Crippen LogP contribution is -2.33. The molecule has 4 rings (SSSR count). The van der Waals surface area contributed by atoms with Crippen molar-refractivity contribution in [2.75, 3.05) is 5.75 Å². The summed E-state index contributed by atoms with van der Waals surface area (Å²) in [5.41, 5.74) is 3.75. The summed E-state index contributed by atoms with van der Waals surface area (Å²) in [4.78, 5) is 1.30. The molecule has 0 aromatic heterocycles. The molecule has 2 N–H and O–H groups in total. The van der Waals surface area contributed by atoms with Crippen molar-refractivity contribution in [3.8, 4) is 0 Å². The zero-order valence-corrected chi connectivity index (χ0v) is 13.7. The molecule has 114 valence electrons. The van der Waals surface area contributed by atoms with Gasteiger partial charge in [-0.3, -0.25) is 0 Å². The molecule has 22 heavy (non-hydrogen) atoms. The highest BCUT2D eigenvalue weighted by Crippen LogP contribution is 2.40. The highest BCUT2D eigenvalue weighted by atomic mass is 35.5. The van der Waals surface area contributed by atoms with Crippen LogP contribution < -0.4 is 5.32 Å². The average molecular weight is 332 g/mol. The van der Waals surface area contributed by atoms with Gasteiger partial charge in [-0.05, 0) is 47.1 Å². The van der Waals surface area contributed by atoms with Gasteiger partial charge in [0.25, 0.3) is 0 Å². The Morgan fingerprint density at radius 3 is 2.91 bits per heavy atom.